The lowest BCUT2D eigenvalue weighted by molar-refractivity contribution is -0.136. The van der Waals surface area contributed by atoms with E-state index in [0.29, 0.717) is 5.56 Å². The highest BCUT2D eigenvalue weighted by Gasteiger charge is 2.52. The molecule has 6 heteroatoms. The Morgan fingerprint density at radius 3 is 1.50 bits per heavy atom. The maximum atomic E-state index is 13.2. The predicted octanol–water partition coefficient (Wildman–Crippen LogP) is 5.30. The number of nitrogens with one attached hydrogen (secondary N) is 1. The molecule has 4 aromatic carbocycles. The van der Waals surface area contributed by atoms with Crippen molar-refractivity contribution in [2.24, 2.45) is 0 Å². The quantitative estimate of drug-likeness (QED) is 0.207. The number of methoxy groups -OCH3 is 1. The van der Waals surface area contributed by atoms with E-state index in [4.69, 9.17) is 16.3 Å². The van der Waals surface area contributed by atoms with E-state index in [9.17, 15) is 9.59 Å². The van der Waals surface area contributed by atoms with Crippen LogP contribution in [0.3, 0.4) is 0 Å². The van der Waals surface area contributed by atoms with E-state index < -0.39 is 19.1 Å². The Balaban J connectivity index is 2.02. The fourth-order valence-electron chi connectivity index (χ4n) is 4.09. The van der Waals surface area contributed by atoms with Gasteiger partial charge in [-0.05, 0) is 67.1 Å². The van der Waals surface area contributed by atoms with Gasteiger partial charge >= 0.3 is 5.97 Å². The first kappa shape index (κ1) is 25.4. The first-order valence-electron chi connectivity index (χ1n) is 11.4. The number of benzene rings is 4. The van der Waals surface area contributed by atoms with E-state index in [2.05, 4.69) is 5.32 Å². The zero-order valence-corrected chi connectivity index (χ0v) is 21.7. The summed E-state index contributed by atoms with van der Waals surface area (Å²) >= 11 is 7.32. The average Bonchev–Trinajstić information content (AvgIpc) is 2.93. The predicted molar refractivity (Wildman–Crippen MR) is 149 cm³/mol. The lowest BCUT2D eigenvalue weighted by Gasteiger charge is -2.27. The minimum Gasteiger partial charge on any atom is -0.464 e. The van der Waals surface area contributed by atoms with Crippen molar-refractivity contribution >= 4 is 46.7 Å². The number of rotatable bonds is 7. The zero-order valence-electron chi connectivity index (χ0n) is 20.0. The normalized spacial score (nSPS) is 11.9. The Hall–Kier alpha value is -3.72. The van der Waals surface area contributed by atoms with Crippen molar-refractivity contribution in [3.05, 3.63) is 137 Å². The van der Waals surface area contributed by atoms with Crippen LogP contribution in [-0.2, 0) is 9.53 Å². The Bertz CT molecular complexity index is 1280. The highest BCUT2D eigenvalue weighted by atomic mass is 35.5. The molecular formula is C30H26ClNO3P+. The van der Waals surface area contributed by atoms with Gasteiger partial charge in [0.25, 0.3) is 5.91 Å². The molecular weight excluding hydrogens is 489 g/mol. The molecule has 4 rings (SSSR count). The van der Waals surface area contributed by atoms with Crippen LogP contribution in [0, 0.1) is 6.92 Å². The van der Waals surface area contributed by atoms with Gasteiger partial charge in [0.1, 0.15) is 15.9 Å². The van der Waals surface area contributed by atoms with Gasteiger partial charge in [0.15, 0.2) is 13.0 Å². The number of hydrogen-bond acceptors (Lipinski definition) is 3. The molecule has 0 bridgehead atoms. The van der Waals surface area contributed by atoms with Crippen LogP contribution < -0.4 is 21.2 Å². The standard InChI is InChI=1S/C30H25ClNO3P/c1-22-18-20-23(21-19-22)29(33)32-27(30(34)35-2)28(31)36(24-12-6-3-7-13-24,25-14-8-4-9-15-25)26-16-10-5-11-17-26/h3-21H,1-2H3/p+1. The topological polar surface area (TPSA) is 55.4 Å². The molecule has 0 aliphatic carbocycles. The molecule has 0 aliphatic rings. The van der Waals surface area contributed by atoms with Crippen LogP contribution in [0.25, 0.3) is 0 Å². The van der Waals surface area contributed by atoms with Crippen molar-refractivity contribution in [2.45, 2.75) is 6.92 Å². The SMILES string of the molecule is COC(=O)C(NC(=O)c1ccc(C)cc1)=C(Cl)[P+](c1ccccc1)(c1ccccc1)c1ccccc1. The molecule has 0 aliphatic heterocycles. The summed E-state index contributed by atoms with van der Waals surface area (Å²) in [6.45, 7) is 1.94. The molecule has 0 saturated heterocycles. The van der Waals surface area contributed by atoms with Gasteiger partial charge < -0.3 is 10.1 Å². The lowest BCUT2D eigenvalue weighted by atomic mass is 10.1. The zero-order chi connectivity index (χ0) is 25.5. The fraction of sp³-hybridized carbons (Fsp3) is 0.0667. The average molecular weight is 515 g/mol. The summed E-state index contributed by atoms with van der Waals surface area (Å²) < 4.78 is 5.35. The molecule has 0 saturated carbocycles. The summed E-state index contributed by atoms with van der Waals surface area (Å²) in [6, 6.07) is 36.6. The molecule has 0 radical (unpaired) electrons. The molecule has 0 heterocycles. The van der Waals surface area contributed by atoms with Crippen molar-refractivity contribution in [1.82, 2.24) is 5.32 Å². The van der Waals surface area contributed by atoms with Crippen molar-refractivity contribution in [3.63, 3.8) is 0 Å². The van der Waals surface area contributed by atoms with Gasteiger partial charge in [0.2, 0.25) is 4.77 Å². The molecule has 4 nitrogen and oxygen atoms in total. The maximum Gasteiger partial charge on any atom is 0.359 e. The maximum absolute atomic E-state index is 13.2. The fourth-order valence-corrected chi connectivity index (χ4v) is 9.01. The van der Waals surface area contributed by atoms with Crippen LogP contribution in [0.4, 0.5) is 0 Å². The van der Waals surface area contributed by atoms with Gasteiger partial charge in [-0.2, -0.15) is 0 Å². The monoisotopic (exact) mass is 514 g/mol. The molecule has 0 fully saturated rings. The van der Waals surface area contributed by atoms with Crippen molar-refractivity contribution in [1.29, 1.82) is 0 Å². The third kappa shape index (κ3) is 4.97. The van der Waals surface area contributed by atoms with E-state index in [1.54, 1.807) is 12.1 Å². The third-order valence-corrected chi connectivity index (χ3v) is 10.9. The Kier molecular flexibility index (Phi) is 8.00. The highest BCUT2D eigenvalue weighted by Crippen LogP contribution is 2.64. The number of halogens is 1. The number of aryl methyl sites for hydroxylation is 1. The first-order valence-corrected chi connectivity index (χ1v) is 13.6. The van der Waals surface area contributed by atoms with Crippen LogP contribution in [0.15, 0.2) is 126 Å². The van der Waals surface area contributed by atoms with Gasteiger partial charge in [0.05, 0.1) is 7.11 Å². The van der Waals surface area contributed by atoms with Crippen LogP contribution in [0.1, 0.15) is 15.9 Å². The van der Waals surface area contributed by atoms with E-state index in [-0.39, 0.29) is 10.5 Å². The smallest absolute Gasteiger partial charge is 0.359 e. The van der Waals surface area contributed by atoms with E-state index >= 15 is 0 Å². The number of esters is 1. The number of carbonyl (C=O) groups excluding carboxylic acids is 2. The van der Waals surface area contributed by atoms with Gasteiger partial charge in [0, 0.05) is 5.56 Å². The molecule has 1 amide bonds. The molecule has 180 valence electrons. The first-order chi connectivity index (χ1) is 17.5. The van der Waals surface area contributed by atoms with E-state index in [0.717, 1.165) is 21.5 Å². The van der Waals surface area contributed by atoms with Crippen molar-refractivity contribution in [3.8, 4) is 0 Å². The number of amides is 1. The number of carbonyl (C=O) groups is 2. The van der Waals surface area contributed by atoms with Gasteiger partial charge in [-0.1, -0.05) is 72.3 Å². The van der Waals surface area contributed by atoms with Crippen LogP contribution in [0.2, 0.25) is 0 Å². The van der Waals surface area contributed by atoms with Crippen molar-refractivity contribution < 1.29 is 14.3 Å². The number of hydrogen-bond donors (Lipinski definition) is 1. The van der Waals surface area contributed by atoms with Gasteiger partial charge in [-0.25, -0.2) is 4.79 Å². The minimum atomic E-state index is -2.79. The number of ether oxygens (including phenoxy) is 1. The molecule has 0 aromatic heterocycles. The molecule has 0 spiro atoms. The molecule has 0 unspecified atom stereocenters. The summed E-state index contributed by atoms with van der Waals surface area (Å²) in [6.07, 6.45) is 0. The Labute approximate surface area is 216 Å². The summed E-state index contributed by atoms with van der Waals surface area (Å²) in [4.78, 5) is 26.4. The van der Waals surface area contributed by atoms with Crippen LogP contribution in [-0.4, -0.2) is 19.0 Å². The van der Waals surface area contributed by atoms with Crippen LogP contribution in [0.5, 0.6) is 0 Å². The van der Waals surface area contributed by atoms with Crippen molar-refractivity contribution in [2.75, 3.05) is 7.11 Å². The summed E-state index contributed by atoms with van der Waals surface area (Å²) in [7, 11) is -1.52. The van der Waals surface area contributed by atoms with Crippen LogP contribution >= 0.6 is 18.9 Å². The molecule has 1 N–H and O–H groups in total. The summed E-state index contributed by atoms with van der Waals surface area (Å²) in [5.74, 6) is -1.16. The Morgan fingerprint density at radius 1 is 0.694 bits per heavy atom. The largest absolute Gasteiger partial charge is 0.464 e. The molecule has 0 atom stereocenters. The lowest BCUT2D eigenvalue weighted by Crippen LogP contribution is -2.35. The molecule has 36 heavy (non-hydrogen) atoms. The summed E-state index contributed by atoms with van der Waals surface area (Å²) in [5.41, 5.74) is 1.36. The third-order valence-electron chi connectivity index (χ3n) is 5.87. The second kappa shape index (κ2) is 11.3. The molecule has 4 aromatic rings. The van der Waals surface area contributed by atoms with E-state index in [1.165, 1.54) is 7.11 Å². The van der Waals surface area contributed by atoms with Gasteiger partial charge in [-0.15, -0.1) is 0 Å². The minimum absolute atomic E-state index is 0.0744. The highest BCUT2D eigenvalue weighted by molar-refractivity contribution is 8.00. The second-order valence-electron chi connectivity index (χ2n) is 8.16. The summed E-state index contributed by atoms with van der Waals surface area (Å²) in [5, 5.41) is 5.61. The van der Waals surface area contributed by atoms with Gasteiger partial charge in [-0.3, -0.25) is 4.79 Å². The second-order valence-corrected chi connectivity index (χ2v) is 12.1. The van der Waals surface area contributed by atoms with E-state index in [1.807, 2.05) is 110 Å². The Morgan fingerprint density at radius 2 is 1.11 bits per heavy atom.